The van der Waals surface area contributed by atoms with Crippen molar-refractivity contribution in [1.29, 1.82) is 0 Å². The summed E-state index contributed by atoms with van der Waals surface area (Å²) in [6.45, 7) is 3.05. The second-order valence-corrected chi connectivity index (χ2v) is 11.8. The molecule has 0 saturated carbocycles. The molecular weight excluding hydrogens is 592 g/mol. The van der Waals surface area contributed by atoms with Gasteiger partial charge in [0.15, 0.2) is 0 Å². The van der Waals surface area contributed by atoms with Crippen molar-refractivity contribution in [3.05, 3.63) is 92.4 Å². The largest absolute Gasteiger partial charge is 0.355 e. The van der Waals surface area contributed by atoms with Crippen LogP contribution in [-0.4, -0.2) is 44.3 Å². The lowest BCUT2D eigenvalue weighted by atomic mass is 10.1. The van der Waals surface area contributed by atoms with Crippen molar-refractivity contribution in [3.63, 3.8) is 0 Å². The molecule has 0 fully saturated rings. The van der Waals surface area contributed by atoms with E-state index in [-0.39, 0.29) is 32.2 Å². The molecule has 1 N–H and O–H groups in total. The summed E-state index contributed by atoms with van der Waals surface area (Å²) in [6, 6.07) is 15.9. The highest BCUT2D eigenvalue weighted by molar-refractivity contribution is 7.92. The molecule has 2 amide bonds. The fourth-order valence-electron chi connectivity index (χ4n) is 3.63. The van der Waals surface area contributed by atoms with Gasteiger partial charge in [-0.2, -0.15) is 0 Å². The van der Waals surface area contributed by atoms with E-state index in [1.807, 2.05) is 0 Å². The number of carbonyl (C=O) groups excluding carboxylic acids is 2. The van der Waals surface area contributed by atoms with Gasteiger partial charge in [0.25, 0.3) is 10.0 Å². The van der Waals surface area contributed by atoms with E-state index in [4.69, 9.17) is 46.4 Å². The Morgan fingerprint density at radius 1 is 0.868 bits per heavy atom. The maximum absolute atomic E-state index is 13.8. The number of rotatable bonds is 10. The quantitative estimate of drug-likeness (QED) is 0.300. The fourth-order valence-corrected chi connectivity index (χ4v) is 5.67. The average molecular weight is 617 g/mol. The van der Waals surface area contributed by atoms with Crippen molar-refractivity contribution in [2.24, 2.45) is 0 Å². The number of nitrogens with zero attached hydrogens (tertiary/aromatic N) is 2. The molecule has 0 spiro atoms. The number of halogens is 4. The van der Waals surface area contributed by atoms with Crippen LogP contribution in [0.3, 0.4) is 0 Å². The minimum Gasteiger partial charge on any atom is -0.355 e. The molecule has 0 aliphatic heterocycles. The Kier molecular flexibility index (Phi) is 10.3. The van der Waals surface area contributed by atoms with E-state index in [1.54, 1.807) is 50.2 Å². The van der Waals surface area contributed by atoms with Gasteiger partial charge in [0.2, 0.25) is 11.8 Å². The summed E-state index contributed by atoms with van der Waals surface area (Å²) >= 11 is 24.4. The molecular formula is C26H25Cl4N3O4S. The number of anilines is 1. The molecule has 12 heteroatoms. The van der Waals surface area contributed by atoms with Crippen LogP contribution in [0.2, 0.25) is 20.1 Å². The maximum atomic E-state index is 13.8. The molecule has 0 heterocycles. The molecule has 38 heavy (non-hydrogen) atoms. The van der Waals surface area contributed by atoms with Crippen molar-refractivity contribution in [2.45, 2.75) is 31.3 Å². The van der Waals surface area contributed by atoms with Crippen LogP contribution in [0.5, 0.6) is 0 Å². The first-order valence-corrected chi connectivity index (χ1v) is 14.4. The molecule has 3 rings (SSSR count). The normalized spacial score (nSPS) is 12.1. The molecule has 0 radical (unpaired) electrons. The molecule has 0 bridgehead atoms. The first-order valence-electron chi connectivity index (χ1n) is 11.5. The van der Waals surface area contributed by atoms with Crippen LogP contribution in [0.1, 0.15) is 19.4 Å². The summed E-state index contributed by atoms with van der Waals surface area (Å²) in [5.41, 5.74) is 0.743. The zero-order valence-corrected chi connectivity index (χ0v) is 24.3. The zero-order valence-electron chi connectivity index (χ0n) is 20.5. The van der Waals surface area contributed by atoms with E-state index in [9.17, 15) is 18.0 Å². The van der Waals surface area contributed by atoms with Gasteiger partial charge in [-0.25, -0.2) is 8.42 Å². The van der Waals surface area contributed by atoms with E-state index >= 15 is 0 Å². The molecule has 0 saturated heterocycles. The van der Waals surface area contributed by atoms with E-state index in [0.29, 0.717) is 17.1 Å². The highest BCUT2D eigenvalue weighted by Crippen LogP contribution is 2.31. The van der Waals surface area contributed by atoms with Gasteiger partial charge in [-0.05, 0) is 61.9 Å². The van der Waals surface area contributed by atoms with Gasteiger partial charge < -0.3 is 10.2 Å². The number of benzene rings is 3. The van der Waals surface area contributed by atoms with E-state index in [1.165, 1.54) is 35.2 Å². The Labute approximate surface area is 242 Å². The van der Waals surface area contributed by atoms with E-state index in [2.05, 4.69) is 5.32 Å². The van der Waals surface area contributed by atoms with Crippen LogP contribution in [0, 0.1) is 0 Å². The standard InChI is InChI=1S/C26H25Cl4N3O4S/c1-3-31-26(35)17(2)32(15-18-9-11-21(27)23(29)13-18)25(34)16-33(19-10-12-22(28)24(30)14-19)38(36,37)20-7-5-4-6-8-20/h4-14,17H,3,15-16H2,1-2H3,(H,31,35)/t17-/m0/s1. The molecule has 7 nitrogen and oxygen atoms in total. The number of amides is 2. The van der Waals surface area contributed by atoms with Crippen LogP contribution in [-0.2, 0) is 26.2 Å². The van der Waals surface area contributed by atoms with Gasteiger partial charge in [0, 0.05) is 13.1 Å². The monoisotopic (exact) mass is 615 g/mol. The predicted molar refractivity (Wildman–Crippen MR) is 153 cm³/mol. The van der Waals surface area contributed by atoms with Crippen LogP contribution in [0.4, 0.5) is 5.69 Å². The van der Waals surface area contributed by atoms with Crippen LogP contribution < -0.4 is 9.62 Å². The first-order chi connectivity index (χ1) is 17.9. The third-order valence-corrected chi connectivity index (χ3v) is 8.92. The highest BCUT2D eigenvalue weighted by atomic mass is 35.5. The molecule has 3 aromatic rings. The third kappa shape index (κ3) is 7.12. The van der Waals surface area contributed by atoms with Crippen molar-refractivity contribution in [2.75, 3.05) is 17.4 Å². The molecule has 0 unspecified atom stereocenters. The predicted octanol–water partition coefficient (Wildman–Crippen LogP) is 6.05. The molecule has 202 valence electrons. The zero-order chi connectivity index (χ0) is 28.0. The number of hydrogen-bond acceptors (Lipinski definition) is 4. The average Bonchev–Trinajstić information content (AvgIpc) is 2.89. The second kappa shape index (κ2) is 13.0. The van der Waals surface area contributed by atoms with Crippen molar-refractivity contribution >= 4 is 73.9 Å². The molecule has 1 atom stereocenters. The maximum Gasteiger partial charge on any atom is 0.264 e. The van der Waals surface area contributed by atoms with Crippen LogP contribution >= 0.6 is 46.4 Å². The second-order valence-electron chi connectivity index (χ2n) is 8.26. The summed E-state index contributed by atoms with van der Waals surface area (Å²) in [4.78, 5) is 27.8. The summed E-state index contributed by atoms with van der Waals surface area (Å²) in [5.74, 6) is -1.02. The summed E-state index contributed by atoms with van der Waals surface area (Å²) in [6.07, 6.45) is 0. The van der Waals surface area contributed by atoms with Gasteiger partial charge in [0.1, 0.15) is 12.6 Å². The molecule has 0 aromatic heterocycles. The first kappa shape index (κ1) is 30.1. The Morgan fingerprint density at radius 3 is 2.05 bits per heavy atom. The molecule has 3 aromatic carbocycles. The smallest absolute Gasteiger partial charge is 0.264 e. The van der Waals surface area contributed by atoms with Crippen LogP contribution in [0.15, 0.2) is 71.6 Å². The fraction of sp³-hybridized carbons (Fsp3) is 0.231. The SMILES string of the molecule is CCNC(=O)[C@H](C)N(Cc1ccc(Cl)c(Cl)c1)C(=O)CN(c1ccc(Cl)c(Cl)c1)S(=O)(=O)c1ccccc1. The number of nitrogens with one attached hydrogen (secondary N) is 1. The lowest BCUT2D eigenvalue weighted by molar-refractivity contribution is -0.139. The number of likely N-dealkylation sites (N-methyl/N-ethyl adjacent to an activating group) is 1. The highest BCUT2D eigenvalue weighted by Gasteiger charge is 2.32. The van der Waals surface area contributed by atoms with Gasteiger partial charge in [-0.1, -0.05) is 70.7 Å². The van der Waals surface area contributed by atoms with Crippen molar-refractivity contribution < 1.29 is 18.0 Å². The van der Waals surface area contributed by atoms with Gasteiger partial charge in [-0.15, -0.1) is 0 Å². The van der Waals surface area contributed by atoms with Crippen molar-refractivity contribution in [1.82, 2.24) is 10.2 Å². The van der Waals surface area contributed by atoms with Crippen LogP contribution in [0.25, 0.3) is 0 Å². The molecule has 0 aliphatic rings. The van der Waals surface area contributed by atoms with Crippen molar-refractivity contribution in [3.8, 4) is 0 Å². The number of sulfonamides is 1. The minimum absolute atomic E-state index is 0.0192. The Morgan fingerprint density at radius 2 is 1.47 bits per heavy atom. The number of hydrogen-bond donors (Lipinski definition) is 1. The summed E-state index contributed by atoms with van der Waals surface area (Å²) in [5, 5.41) is 3.66. The topological polar surface area (TPSA) is 86.8 Å². The van der Waals surface area contributed by atoms with Gasteiger partial charge >= 0.3 is 0 Å². The molecule has 0 aliphatic carbocycles. The summed E-state index contributed by atoms with van der Waals surface area (Å²) < 4.78 is 28.3. The van der Waals surface area contributed by atoms with E-state index in [0.717, 1.165) is 4.31 Å². The lowest BCUT2D eigenvalue weighted by Gasteiger charge is -2.32. The lowest BCUT2D eigenvalue weighted by Crippen LogP contribution is -2.51. The Bertz CT molecular complexity index is 1420. The van der Waals surface area contributed by atoms with Gasteiger partial charge in [-0.3, -0.25) is 13.9 Å². The Hall–Kier alpha value is -2.49. The summed E-state index contributed by atoms with van der Waals surface area (Å²) in [7, 11) is -4.21. The van der Waals surface area contributed by atoms with E-state index < -0.39 is 34.4 Å². The van der Waals surface area contributed by atoms with Gasteiger partial charge in [0.05, 0.1) is 30.7 Å². The third-order valence-electron chi connectivity index (χ3n) is 5.66. The minimum atomic E-state index is -4.21. The number of carbonyl (C=O) groups is 2. The Balaban J connectivity index is 2.05.